The van der Waals surface area contributed by atoms with Crippen LogP contribution in [0.4, 0.5) is 0 Å². The Morgan fingerprint density at radius 1 is 1.21 bits per heavy atom. The molecule has 1 N–H and O–H groups in total. The monoisotopic (exact) mass is 392 g/mol. The van der Waals surface area contributed by atoms with Gasteiger partial charge in [0.2, 0.25) is 0 Å². The lowest BCUT2D eigenvalue weighted by atomic mass is 9.96. The molecule has 0 spiro atoms. The zero-order chi connectivity index (χ0) is 20.2. The second-order valence-corrected chi connectivity index (χ2v) is 7.81. The third kappa shape index (κ3) is 4.59. The number of hydrogen-bond donors (Lipinski definition) is 1. The summed E-state index contributed by atoms with van der Waals surface area (Å²) in [4.78, 5) is 19.4. The molecular weight excluding hydrogens is 364 g/mol. The number of nitrogens with one attached hydrogen (secondary N) is 1. The number of rotatable bonds is 6. The number of pyridine rings is 1. The fraction of sp³-hybridized carbons (Fsp3) is 0.391. The average Bonchev–Trinajstić information content (AvgIpc) is 3.15. The third-order valence-corrected chi connectivity index (χ3v) is 5.51. The zero-order valence-corrected chi connectivity index (χ0v) is 17.1. The van der Waals surface area contributed by atoms with Crippen molar-refractivity contribution in [2.75, 3.05) is 26.7 Å². The van der Waals surface area contributed by atoms with Crippen LogP contribution in [0, 0.1) is 12.8 Å². The number of likely N-dealkylation sites (tertiary alicyclic amines) is 1. The summed E-state index contributed by atoms with van der Waals surface area (Å²) < 4.78 is 7.93. The molecule has 0 radical (unpaired) electrons. The Morgan fingerprint density at radius 2 is 2.03 bits per heavy atom. The van der Waals surface area contributed by atoms with E-state index in [9.17, 15) is 4.79 Å². The molecular formula is C23H28N4O2. The van der Waals surface area contributed by atoms with Crippen molar-refractivity contribution in [1.29, 1.82) is 0 Å². The van der Waals surface area contributed by atoms with Gasteiger partial charge in [-0.05, 0) is 69.1 Å². The van der Waals surface area contributed by atoms with Crippen LogP contribution in [0.3, 0.4) is 0 Å². The molecule has 0 saturated carbocycles. The third-order valence-electron chi connectivity index (χ3n) is 5.51. The first kappa shape index (κ1) is 19.5. The molecule has 0 aliphatic carbocycles. The number of hydrogen-bond acceptors (Lipinski definition) is 4. The minimum absolute atomic E-state index is 0.0848. The topological polar surface area (TPSA) is 58.9 Å². The number of amides is 1. The van der Waals surface area contributed by atoms with Gasteiger partial charge in [-0.15, -0.1) is 0 Å². The van der Waals surface area contributed by atoms with Crippen LogP contribution in [0.1, 0.15) is 34.5 Å². The predicted molar refractivity (Wildman–Crippen MR) is 113 cm³/mol. The van der Waals surface area contributed by atoms with Gasteiger partial charge in [-0.25, -0.2) is 4.98 Å². The van der Waals surface area contributed by atoms with Crippen LogP contribution < -0.4 is 10.1 Å². The molecule has 6 nitrogen and oxygen atoms in total. The average molecular weight is 393 g/mol. The van der Waals surface area contributed by atoms with E-state index in [1.807, 2.05) is 65.1 Å². The van der Waals surface area contributed by atoms with Gasteiger partial charge in [0.15, 0.2) is 0 Å². The Bertz CT molecular complexity index is 989. The summed E-state index contributed by atoms with van der Waals surface area (Å²) in [6.45, 7) is 5.08. The molecule has 1 aliphatic heterocycles. The molecule has 1 fully saturated rings. The summed E-state index contributed by atoms with van der Waals surface area (Å²) in [7, 11) is 1.98. The van der Waals surface area contributed by atoms with Gasteiger partial charge in [-0.1, -0.05) is 12.1 Å². The number of nitrogens with zero attached hydrogens (tertiary/aromatic N) is 3. The Labute approximate surface area is 171 Å². The highest BCUT2D eigenvalue weighted by Gasteiger charge is 2.23. The molecule has 152 valence electrons. The van der Waals surface area contributed by atoms with Crippen molar-refractivity contribution in [3.63, 3.8) is 0 Å². The van der Waals surface area contributed by atoms with Gasteiger partial charge in [0.25, 0.3) is 5.91 Å². The van der Waals surface area contributed by atoms with Crippen molar-refractivity contribution < 1.29 is 9.53 Å². The van der Waals surface area contributed by atoms with Crippen molar-refractivity contribution >= 4 is 11.6 Å². The van der Waals surface area contributed by atoms with E-state index in [0.29, 0.717) is 23.8 Å². The summed E-state index contributed by atoms with van der Waals surface area (Å²) in [5.41, 5.74) is 3.63. The lowest BCUT2D eigenvalue weighted by molar-refractivity contribution is 0.0690. The summed E-state index contributed by atoms with van der Waals surface area (Å²) in [5.74, 6) is 1.43. The van der Waals surface area contributed by atoms with Crippen molar-refractivity contribution in [1.82, 2.24) is 19.6 Å². The van der Waals surface area contributed by atoms with E-state index < -0.39 is 0 Å². The Morgan fingerprint density at radius 3 is 2.83 bits per heavy atom. The quantitative estimate of drug-likeness (QED) is 0.699. The number of benzene rings is 1. The SMILES string of the molecule is CNCC1CCN(C(=O)c2cccc(OCc3cn4cc(C)ccc4n3)c2)CC1. The highest BCUT2D eigenvalue weighted by molar-refractivity contribution is 5.94. The molecule has 1 saturated heterocycles. The number of carbonyl (C=O) groups excluding carboxylic acids is 1. The van der Waals surface area contributed by atoms with E-state index in [0.717, 1.165) is 43.8 Å². The van der Waals surface area contributed by atoms with Gasteiger partial charge in [0.1, 0.15) is 18.0 Å². The van der Waals surface area contributed by atoms with Gasteiger partial charge in [0.05, 0.1) is 5.69 Å². The van der Waals surface area contributed by atoms with E-state index in [2.05, 4.69) is 17.2 Å². The fourth-order valence-corrected chi connectivity index (χ4v) is 3.91. The Hall–Kier alpha value is -2.86. The van der Waals surface area contributed by atoms with Crippen LogP contribution in [-0.4, -0.2) is 46.9 Å². The van der Waals surface area contributed by atoms with Gasteiger partial charge in [-0.3, -0.25) is 4.79 Å². The molecule has 1 aromatic carbocycles. The summed E-state index contributed by atoms with van der Waals surface area (Å²) in [5, 5.41) is 3.23. The first-order chi connectivity index (χ1) is 14.1. The van der Waals surface area contributed by atoms with Gasteiger partial charge >= 0.3 is 0 Å². The Balaban J connectivity index is 1.38. The maximum absolute atomic E-state index is 12.9. The second kappa shape index (κ2) is 8.66. The number of aromatic nitrogens is 2. The first-order valence-corrected chi connectivity index (χ1v) is 10.2. The van der Waals surface area contributed by atoms with Crippen molar-refractivity contribution in [3.05, 3.63) is 65.6 Å². The second-order valence-electron chi connectivity index (χ2n) is 7.81. The van der Waals surface area contributed by atoms with E-state index in [4.69, 9.17) is 4.74 Å². The van der Waals surface area contributed by atoms with Crippen LogP contribution in [0.5, 0.6) is 5.75 Å². The lowest BCUT2D eigenvalue weighted by Crippen LogP contribution is -2.40. The molecule has 3 aromatic rings. The van der Waals surface area contributed by atoms with Crippen LogP contribution in [-0.2, 0) is 6.61 Å². The molecule has 1 amide bonds. The van der Waals surface area contributed by atoms with Gasteiger partial charge in [0, 0.05) is 31.0 Å². The van der Waals surface area contributed by atoms with E-state index in [1.165, 1.54) is 5.56 Å². The minimum Gasteiger partial charge on any atom is -0.487 e. The first-order valence-electron chi connectivity index (χ1n) is 10.2. The normalized spacial score (nSPS) is 15.0. The van der Waals surface area contributed by atoms with Crippen molar-refractivity contribution in [2.24, 2.45) is 5.92 Å². The summed E-state index contributed by atoms with van der Waals surface area (Å²) >= 11 is 0. The van der Waals surface area contributed by atoms with Gasteiger partial charge in [-0.2, -0.15) is 0 Å². The summed E-state index contributed by atoms with van der Waals surface area (Å²) in [6.07, 6.45) is 6.13. The van der Waals surface area contributed by atoms with E-state index in [-0.39, 0.29) is 5.91 Å². The highest BCUT2D eigenvalue weighted by Crippen LogP contribution is 2.21. The van der Waals surface area contributed by atoms with Crippen LogP contribution >= 0.6 is 0 Å². The van der Waals surface area contributed by atoms with Crippen molar-refractivity contribution in [2.45, 2.75) is 26.4 Å². The molecule has 4 rings (SSSR count). The maximum atomic E-state index is 12.9. The number of fused-ring (bicyclic) bond motifs is 1. The molecule has 0 unspecified atom stereocenters. The fourth-order valence-electron chi connectivity index (χ4n) is 3.91. The number of imidazole rings is 1. The summed E-state index contributed by atoms with van der Waals surface area (Å²) in [6, 6.07) is 11.5. The molecule has 3 heterocycles. The number of carbonyl (C=O) groups is 1. The highest BCUT2D eigenvalue weighted by atomic mass is 16.5. The molecule has 0 atom stereocenters. The molecule has 2 aromatic heterocycles. The molecule has 6 heteroatoms. The predicted octanol–water partition coefficient (Wildman–Crippen LogP) is 3.29. The lowest BCUT2D eigenvalue weighted by Gasteiger charge is -2.32. The van der Waals surface area contributed by atoms with Crippen molar-refractivity contribution in [3.8, 4) is 5.75 Å². The van der Waals surface area contributed by atoms with Crippen LogP contribution in [0.2, 0.25) is 0 Å². The molecule has 29 heavy (non-hydrogen) atoms. The van der Waals surface area contributed by atoms with Gasteiger partial charge < -0.3 is 19.4 Å². The largest absolute Gasteiger partial charge is 0.487 e. The Kier molecular flexibility index (Phi) is 5.81. The molecule has 1 aliphatic rings. The van der Waals surface area contributed by atoms with Crippen LogP contribution in [0.25, 0.3) is 5.65 Å². The minimum atomic E-state index is 0.0848. The van der Waals surface area contributed by atoms with E-state index in [1.54, 1.807) is 0 Å². The zero-order valence-electron chi connectivity index (χ0n) is 17.1. The number of piperidine rings is 1. The van der Waals surface area contributed by atoms with Crippen LogP contribution in [0.15, 0.2) is 48.8 Å². The smallest absolute Gasteiger partial charge is 0.253 e. The standard InChI is InChI=1S/C23H28N4O2/c1-17-6-7-22-25-20(15-27(22)14-17)16-29-21-5-3-4-19(12-21)23(28)26-10-8-18(9-11-26)13-24-2/h3-7,12,14-15,18,24H,8-11,13,16H2,1-2H3. The van der Waals surface area contributed by atoms with E-state index >= 15 is 0 Å². The number of ether oxygens (including phenoxy) is 1. The maximum Gasteiger partial charge on any atom is 0.253 e. The number of aryl methyl sites for hydroxylation is 1. The molecule has 0 bridgehead atoms.